The van der Waals surface area contributed by atoms with E-state index in [2.05, 4.69) is 10.3 Å². The van der Waals surface area contributed by atoms with Crippen molar-refractivity contribution >= 4 is 28.8 Å². The summed E-state index contributed by atoms with van der Waals surface area (Å²) in [6.07, 6.45) is 1.81. The smallest absolute Gasteiger partial charge is 0.338 e. The van der Waals surface area contributed by atoms with Gasteiger partial charge in [-0.3, -0.25) is 9.78 Å². The van der Waals surface area contributed by atoms with Crippen LogP contribution in [-0.4, -0.2) is 34.0 Å². The zero-order valence-electron chi connectivity index (χ0n) is 21.7. The number of hydrogen-bond donors (Lipinski definition) is 1. The molecule has 9 heteroatoms. The van der Waals surface area contributed by atoms with Crippen LogP contribution in [-0.2, 0) is 27.5 Å². The highest BCUT2D eigenvalue weighted by molar-refractivity contribution is 8.16. The maximum Gasteiger partial charge on any atom is 0.338 e. The Labute approximate surface area is 231 Å². The Bertz CT molecular complexity index is 1450. The Kier molecular flexibility index (Phi) is 8.07. The van der Waals surface area contributed by atoms with E-state index >= 15 is 0 Å². The van der Waals surface area contributed by atoms with Gasteiger partial charge in [0, 0.05) is 11.9 Å². The summed E-state index contributed by atoms with van der Waals surface area (Å²) in [4.78, 5) is 37.5. The summed E-state index contributed by atoms with van der Waals surface area (Å²) in [7, 11) is 1.60. The molecule has 1 aromatic heterocycles. The van der Waals surface area contributed by atoms with Crippen molar-refractivity contribution < 1.29 is 19.1 Å². The lowest BCUT2D eigenvalue weighted by Gasteiger charge is -2.36. The molecule has 0 saturated carbocycles. The average molecular weight is 541 g/mol. The number of ether oxygens (including phenoxy) is 2. The number of amides is 1. The second kappa shape index (κ2) is 12.0. The second-order valence-electron chi connectivity index (χ2n) is 9.01. The van der Waals surface area contributed by atoms with Crippen LogP contribution < -0.4 is 10.1 Å². The minimum Gasteiger partial charge on any atom is -0.497 e. The van der Waals surface area contributed by atoms with Crippen molar-refractivity contribution in [2.24, 2.45) is 4.99 Å². The Morgan fingerprint density at radius 2 is 1.87 bits per heavy atom. The second-order valence-corrected chi connectivity index (χ2v) is 9.84. The molecule has 2 aliphatic heterocycles. The van der Waals surface area contributed by atoms with E-state index in [1.165, 1.54) is 11.8 Å². The molecule has 0 radical (unpaired) electrons. The van der Waals surface area contributed by atoms with Crippen molar-refractivity contribution in [3.05, 3.63) is 118 Å². The average Bonchev–Trinajstić information content (AvgIpc) is 3.36. The molecule has 3 aromatic rings. The number of methoxy groups -OCH3 is 1. The molecule has 1 unspecified atom stereocenters. The molecule has 0 bridgehead atoms. The number of fused-ring (bicyclic) bond motifs is 1. The number of aromatic nitrogens is 1. The first-order valence-electron chi connectivity index (χ1n) is 12.5. The number of carbonyl (C=O) groups excluding carboxylic acids is 2. The fourth-order valence-electron chi connectivity index (χ4n) is 4.48. The van der Waals surface area contributed by atoms with Crippen LogP contribution in [0.5, 0.6) is 5.75 Å². The summed E-state index contributed by atoms with van der Waals surface area (Å²) >= 11 is 1.43. The van der Waals surface area contributed by atoms with Crippen LogP contribution in [0.2, 0.25) is 0 Å². The van der Waals surface area contributed by atoms with E-state index in [1.54, 1.807) is 13.3 Å². The van der Waals surface area contributed by atoms with Crippen LogP contribution in [0.25, 0.3) is 0 Å². The van der Waals surface area contributed by atoms with E-state index in [0.717, 1.165) is 22.5 Å². The Morgan fingerprint density at radius 3 is 2.64 bits per heavy atom. The van der Waals surface area contributed by atoms with Crippen LogP contribution in [0, 0.1) is 0 Å². The maximum atomic E-state index is 13.6. The van der Waals surface area contributed by atoms with Crippen LogP contribution in [0.1, 0.15) is 36.2 Å². The van der Waals surface area contributed by atoms with Gasteiger partial charge in [0.25, 0.3) is 0 Å². The summed E-state index contributed by atoms with van der Waals surface area (Å²) in [6, 6.07) is 22.2. The van der Waals surface area contributed by atoms with E-state index in [1.807, 2.05) is 90.0 Å². The number of esters is 1. The largest absolute Gasteiger partial charge is 0.497 e. The predicted molar refractivity (Wildman–Crippen MR) is 150 cm³/mol. The molecule has 39 heavy (non-hydrogen) atoms. The molecule has 3 heterocycles. The fourth-order valence-corrected chi connectivity index (χ4v) is 5.44. The van der Waals surface area contributed by atoms with Gasteiger partial charge in [0.2, 0.25) is 5.91 Å². The molecule has 8 nitrogen and oxygen atoms in total. The Balaban J connectivity index is 1.42. The molecule has 1 N–H and O–H groups in total. The molecular formula is C30H28N4O4S. The molecule has 198 valence electrons. The summed E-state index contributed by atoms with van der Waals surface area (Å²) in [5, 5.41) is 5.55. The number of allylic oxidation sites excluding steroid dienone is 1. The highest BCUT2D eigenvalue weighted by Gasteiger charge is 2.41. The molecule has 0 saturated heterocycles. The number of thioether (sulfide) groups is 1. The van der Waals surface area contributed by atoms with Crippen LogP contribution in [0.4, 0.5) is 0 Å². The normalized spacial score (nSPS) is 16.3. The number of carbonyl (C=O) groups is 2. The monoisotopic (exact) mass is 540 g/mol. The van der Waals surface area contributed by atoms with Gasteiger partial charge >= 0.3 is 5.97 Å². The molecule has 1 amide bonds. The van der Waals surface area contributed by atoms with Crippen molar-refractivity contribution in [2.45, 2.75) is 32.5 Å². The van der Waals surface area contributed by atoms with Crippen LogP contribution in [0.3, 0.4) is 0 Å². The lowest BCUT2D eigenvalue weighted by atomic mass is 9.93. The first kappa shape index (κ1) is 26.2. The lowest BCUT2D eigenvalue weighted by molar-refractivity contribution is -0.141. The molecule has 2 aliphatic rings. The van der Waals surface area contributed by atoms with Crippen molar-refractivity contribution in [3.63, 3.8) is 0 Å². The van der Waals surface area contributed by atoms with E-state index in [4.69, 9.17) is 14.5 Å². The van der Waals surface area contributed by atoms with Gasteiger partial charge in [-0.2, -0.15) is 0 Å². The van der Waals surface area contributed by atoms with Gasteiger partial charge in [-0.15, -0.1) is 0 Å². The summed E-state index contributed by atoms with van der Waals surface area (Å²) < 4.78 is 11.2. The zero-order chi connectivity index (χ0) is 27.2. The molecule has 1 atom stereocenters. The number of rotatable bonds is 9. The van der Waals surface area contributed by atoms with E-state index < -0.39 is 12.0 Å². The SMILES string of the molecule is COc1cccc(C2C(C(=O)OCc3ccccc3)=C(C)N=C3SC=C(CC(=O)NCc4ccccn4)N32)c1. The van der Waals surface area contributed by atoms with Gasteiger partial charge in [0.15, 0.2) is 5.17 Å². The topological polar surface area (TPSA) is 93.1 Å². The number of benzene rings is 2. The first-order valence-corrected chi connectivity index (χ1v) is 13.4. The van der Waals surface area contributed by atoms with Crippen LogP contribution >= 0.6 is 11.8 Å². The molecule has 0 aliphatic carbocycles. The van der Waals surface area contributed by atoms with E-state index in [-0.39, 0.29) is 18.9 Å². The highest BCUT2D eigenvalue weighted by atomic mass is 32.2. The Morgan fingerprint density at radius 1 is 1.05 bits per heavy atom. The highest BCUT2D eigenvalue weighted by Crippen LogP contribution is 2.45. The summed E-state index contributed by atoms with van der Waals surface area (Å²) in [5.74, 6) is 0.0529. The minimum atomic E-state index is -0.541. The third-order valence-electron chi connectivity index (χ3n) is 6.38. The number of pyridine rings is 1. The minimum absolute atomic E-state index is 0.116. The van der Waals surface area contributed by atoms with Gasteiger partial charge in [0.1, 0.15) is 12.4 Å². The van der Waals surface area contributed by atoms with E-state index in [9.17, 15) is 9.59 Å². The van der Waals surface area contributed by atoms with Crippen LogP contribution in [0.15, 0.2) is 106 Å². The predicted octanol–water partition coefficient (Wildman–Crippen LogP) is 5.12. The number of nitrogens with zero attached hydrogens (tertiary/aromatic N) is 3. The fraction of sp³-hybridized carbons (Fsp3) is 0.200. The zero-order valence-corrected chi connectivity index (χ0v) is 22.5. The molecule has 0 fully saturated rings. The molecule has 0 spiro atoms. The Hall–Kier alpha value is -4.37. The first-order chi connectivity index (χ1) is 19.0. The lowest BCUT2D eigenvalue weighted by Crippen LogP contribution is -2.38. The molecule has 2 aromatic carbocycles. The standard InChI is InChI=1S/C30H28N4O4S/c1-20-27(29(36)38-18-21-9-4-3-5-10-21)28(22-11-8-13-25(15-22)37-2)34-24(19-39-30(34)33-20)16-26(35)32-17-23-12-6-7-14-31-23/h3-15,19,28H,16-18H2,1-2H3,(H,32,35). The third-order valence-corrected chi connectivity index (χ3v) is 7.27. The quantitative estimate of drug-likeness (QED) is 0.377. The molecular weight excluding hydrogens is 512 g/mol. The number of aliphatic imine (C=N–C) groups is 1. The van der Waals surface area contributed by atoms with Gasteiger partial charge in [0.05, 0.1) is 43.1 Å². The summed E-state index contributed by atoms with van der Waals surface area (Å²) in [6.45, 7) is 2.29. The van der Waals surface area contributed by atoms with Gasteiger partial charge in [-0.1, -0.05) is 60.3 Å². The molecule has 5 rings (SSSR count). The van der Waals surface area contributed by atoms with Crippen molar-refractivity contribution in [2.75, 3.05) is 7.11 Å². The number of nitrogens with one attached hydrogen (secondary N) is 1. The van der Waals surface area contributed by atoms with Crippen molar-refractivity contribution in [1.82, 2.24) is 15.2 Å². The van der Waals surface area contributed by atoms with Crippen molar-refractivity contribution in [3.8, 4) is 5.75 Å². The maximum absolute atomic E-state index is 13.6. The summed E-state index contributed by atoms with van der Waals surface area (Å²) in [5.41, 5.74) is 4.24. The van der Waals surface area contributed by atoms with Crippen molar-refractivity contribution in [1.29, 1.82) is 0 Å². The van der Waals surface area contributed by atoms with Gasteiger partial charge < -0.3 is 19.7 Å². The van der Waals surface area contributed by atoms with Gasteiger partial charge in [-0.05, 0) is 47.7 Å². The number of amidine groups is 1. The van der Waals surface area contributed by atoms with Gasteiger partial charge in [-0.25, -0.2) is 9.79 Å². The van der Waals surface area contributed by atoms with E-state index in [0.29, 0.717) is 28.7 Å². The third kappa shape index (κ3) is 6.04. The number of hydrogen-bond acceptors (Lipinski definition) is 8.